The predicted octanol–water partition coefficient (Wildman–Crippen LogP) is 3.59. The summed E-state index contributed by atoms with van der Waals surface area (Å²) in [6, 6.07) is 12.4. The molecule has 0 atom stereocenters. The van der Waals surface area contributed by atoms with Gasteiger partial charge in [0.25, 0.3) is 0 Å². The van der Waals surface area contributed by atoms with Crippen molar-refractivity contribution in [3.63, 3.8) is 0 Å². The Bertz CT molecular complexity index is 800. The Labute approximate surface area is 136 Å². The second-order valence-corrected chi connectivity index (χ2v) is 6.70. The molecular formula is C17H19NO4S. The van der Waals surface area contributed by atoms with Crippen LogP contribution in [0.15, 0.2) is 55.1 Å². The van der Waals surface area contributed by atoms with Crippen LogP contribution in [0.4, 0.5) is 5.69 Å². The number of benzene rings is 2. The molecule has 122 valence electrons. The number of ether oxygens (including phenoxy) is 2. The summed E-state index contributed by atoms with van der Waals surface area (Å²) < 4.78 is 36.5. The Kier molecular flexibility index (Phi) is 5.28. The molecule has 0 aliphatic carbocycles. The van der Waals surface area contributed by atoms with Gasteiger partial charge < -0.3 is 9.47 Å². The molecule has 2 rings (SSSR count). The van der Waals surface area contributed by atoms with E-state index in [0.717, 1.165) is 18.2 Å². The normalized spacial score (nSPS) is 10.9. The Morgan fingerprint density at radius 2 is 1.87 bits per heavy atom. The van der Waals surface area contributed by atoms with Crippen LogP contribution in [-0.4, -0.2) is 21.8 Å². The van der Waals surface area contributed by atoms with Crippen molar-refractivity contribution in [2.24, 2.45) is 0 Å². The first kappa shape index (κ1) is 16.9. The van der Waals surface area contributed by atoms with Gasteiger partial charge in [-0.25, -0.2) is 8.42 Å². The third-order valence-corrected chi connectivity index (χ3v) is 3.60. The van der Waals surface area contributed by atoms with Gasteiger partial charge in [0.2, 0.25) is 10.0 Å². The molecule has 0 bridgehead atoms. The van der Waals surface area contributed by atoms with E-state index in [9.17, 15) is 8.42 Å². The largest absolute Gasteiger partial charge is 0.493 e. The van der Waals surface area contributed by atoms with E-state index in [1.165, 1.54) is 0 Å². The van der Waals surface area contributed by atoms with Crippen molar-refractivity contribution >= 4 is 15.7 Å². The lowest BCUT2D eigenvalue weighted by atomic mass is 10.1. The summed E-state index contributed by atoms with van der Waals surface area (Å²) in [5.74, 6) is 1.47. The minimum Gasteiger partial charge on any atom is -0.493 e. The Hall–Kier alpha value is -2.47. The number of rotatable bonds is 7. The molecule has 0 aliphatic rings. The molecule has 0 aliphatic heterocycles. The fourth-order valence-corrected chi connectivity index (χ4v) is 2.62. The Morgan fingerprint density at radius 1 is 1.13 bits per heavy atom. The highest BCUT2D eigenvalue weighted by atomic mass is 32.2. The highest BCUT2D eigenvalue weighted by Gasteiger charge is 2.12. The van der Waals surface area contributed by atoms with Gasteiger partial charge in [-0.3, -0.25) is 4.72 Å². The third kappa shape index (κ3) is 4.75. The number of hydrogen-bond acceptors (Lipinski definition) is 4. The van der Waals surface area contributed by atoms with Crippen LogP contribution in [0.2, 0.25) is 0 Å². The van der Waals surface area contributed by atoms with Gasteiger partial charge in [0.1, 0.15) is 0 Å². The topological polar surface area (TPSA) is 64.6 Å². The minimum absolute atomic E-state index is 0.368. The van der Waals surface area contributed by atoms with Crippen LogP contribution < -0.4 is 14.2 Å². The number of allylic oxidation sites excluding steroid dienone is 1. The smallest absolute Gasteiger partial charge is 0.229 e. The summed E-state index contributed by atoms with van der Waals surface area (Å²) >= 11 is 0. The first-order valence-electron chi connectivity index (χ1n) is 6.95. The summed E-state index contributed by atoms with van der Waals surface area (Å²) in [6.07, 6.45) is 3.62. The van der Waals surface area contributed by atoms with E-state index >= 15 is 0 Å². The van der Waals surface area contributed by atoms with Gasteiger partial charge in [-0.15, -0.1) is 6.58 Å². The molecule has 0 radical (unpaired) electrons. The molecule has 2 aromatic carbocycles. The molecule has 6 heteroatoms. The fraction of sp³-hybridized carbons (Fsp3) is 0.176. The average molecular weight is 333 g/mol. The van der Waals surface area contributed by atoms with Gasteiger partial charge in [-0.05, 0) is 36.2 Å². The van der Waals surface area contributed by atoms with Crippen LogP contribution in [0.25, 0.3) is 0 Å². The van der Waals surface area contributed by atoms with Crippen LogP contribution in [0, 0.1) is 0 Å². The molecule has 0 aromatic heterocycles. The van der Waals surface area contributed by atoms with Crippen molar-refractivity contribution < 1.29 is 17.9 Å². The van der Waals surface area contributed by atoms with Crippen LogP contribution in [0.3, 0.4) is 0 Å². The van der Waals surface area contributed by atoms with E-state index in [1.54, 1.807) is 43.5 Å². The number of para-hydroxylation sites is 2. The molecule has 23 heavy (non-hydrogen) atoms. The Balaban J connectivity index is 2.34. The van der Waals surface area contributed by atoms with Gasteiger partial charge in [-0.2, -0.15) is 0 Å². The summed E-state index contributed by atoms with van der Waals surface area (Å²) in [5, 5.41) is 0. The zero-order valence-corrected chi connectivity index (χ0v) is 13.9. The number of anilines is 1. The van der Waals surface area contributed by atoms with Crippen molar-refractivity contribution in [1.82, 2.24) is 0 Å². The lowest BCUT2D eigenvalue weighted by molar-refractivity contribution is 0.379. The molecule has 0 spiro atoms. The first-order chi connectivity index (χ1) is 10.9. The van der Waals surface area contributed by atoms with Gasteiger partial charge >= 0.3 is 0 Å². The molecule has 0 saturated heterocycles. The maximum Gasteiger partial charge on any atom is 0.229 e. The molecule has 1 N–H and O–H groups in total. The average Bonchev–Trinajstić information content (AvgIpc) is 2.49. The van der Waals surface area contributed by atoms with Gasteiger partial charge in [-0.1, -0.05) is 24.3 Å². The lowest BCUT2D eigenvalue weighted by Crippen LogP contribution is -2.10. The highest BCUT2D eigenvalue weighted by molar-refractivity contribution is 7.92. The predicted molar refractivity (Wildman–Crippen MR) is 91.9 cm³/mol. The maximum atomic E-state index is 11.4. The van der Waals surface area contributed by atoms with E-state index in [0.29, 0.717) is 22.9 Å². The Morgan fingerprint density at radius 3 is 2.52 bits per heavy atom. The maximum absolute atomic E-state index is 11.4. The second kappa shape index (κ2) is 7.19. The molecule has 0 heterocycles. The summed E-state index contributed by atoms with van der Waals surface area (Å²) in [6.45, 7) is 3.71. The summed E-state index contributed by atoms with van der Waals surface area (Å²) in [7, 11) is -1.84. The molecule has 0 fully saturated rings. The van der Waals surface area contributed by atoms with E-state index in [1.807, 2.05) is 12.1 Å². The van der Waals surface area contributed by atoms with Crippen molar-refractivity contribution in [2.45, 2.75) is 6.42 Å². The molecule has 2 aromatic rings. The number of hydrogen-bond donors (Lipinski definition) is 1. The monoisotopic (exact) mass is 333 g/mol. The van der Waals surface area contributed by atoms with Crippen molar-refractivity contribution in [3.05, 3.63) is 60.7 Å². The van der Waals surface area contributed by atoms with Crippen molar-refractivity contribution in [2.75, 3.05) is 18.1 Å². The number of methoxy groups -OCH3 is 1. The molecule has 5 nitrogen and oxygen atoms in total. The van der Waals surface area contributed by atoms with Gasteiger partial charge in [0, 0.05) is 0 Å². The number of nitrogens with one attached hydrogen (secondary N) is 1. The van der Waals surface area contributed by atoms with Crippen LogP contribution in [0.1, 0.15) is 5.56 Å². The zero-order chi connectivity index (χ0) is 16.9. The highest BCUT2D eigenvalue weighted by Crippen LogP contribution is 2.36. The van der Waals surface area contributed by atoms with Crippen molar-refractivity contribution in [1.29, 1.82) is 0 Å². The third-order valence-electron chi connectivity index (χ3n) is 3.01. The van der Waals surface area contributed by atoms with E-state index in [-0.39, 0.29) is 0 Å². The van der Waals surface area contributed by atoms with Crippen molar-refractivity contribution in [3.8, 4) is 17.2 Å². The summed E-state index contributed by atoms with van der Waals surface area (Å²) in [4.78, 5) is 0. The van der Waals surface area contributed by atoms with Crippen LogP contribution in [0.5, 0.6) is 17.2 Å². The fourth-order valence-electron chi connectivity index (χ4n) is 2.05. The van der Waals surface area contributed by atoms with E-state index in [2.05, 4.69) is 11.3 Å². The first-order valence-corrected chi connectivity index (χ1v) is 8.84. The van der Waals surface area contributed by atoms with E-state index < -0.39 is 10.0 Å². The van der Waals surface area contributed by atoms with Gasteiger partial charge in [0.15, 0.2) is 17.2 Å². The second-order valence-electron chi connectivity index (χ2n) is 4.95. The molecular weight excluding hydrogens is 314 g/mol. The zero-order valence-electron chi connectivity index (χ0n) is 13.1. The number of sulfonamides is 1. The minimum atomic E-state index is -3.39. The molecule has 0 saturated carbocycles. The molecule has 0 amide bonds. The standard InChI is InChI=1S/C17H19NO4S/c1-4-7-13-10-11-16(17(12-13)21-2)22-15-9-6-5-8-14(15)18-23(3,19)20/h4-6,8-12,18H,1,7H2,2-3H3. The molecule has 0 unspecified atom stereocenters. The van der Waals surface area contributed by atoms with E-state index in [4.69, 9.17) is 9.47 Å². The lowest BCUT2D eigenvalue weighted by Gasteiger charge is -2.14. The SMILES string of the molecule is C=CCc1ccc(Oc2ccccc2NS(C)(=O)=O)c(OC)c1. The van der Waals surface area contributed by atoms with Gasteiger partial charge in [0.05, 0.1) is 19.1 Å². The quantitative estimate of drug-likeness (QED) is 0.787. The summed E-state index contributed by atoms with van der Waals surface area (Å²) in [5.41, 5.74) is 1.42. The van der Waals surface area contributed by atoms with Crippen LogP contribution >= 0.6 is 0 Å². The van der Waals surface area contributed by atoms with Crippen LogP contribution in [-0.2, 0) is 16.4 Å².